The largest absolute Gasteiger partial charge is 0.348 e. The molecule has 0 saturated carbocycles. The van der Waals surface area contributed by atoms with Crippen LogP contribution in [-0.2, 0) is 30.7 Å². The van der Waals surface area contributed by atoms with E-state index >= 15 is 0 Å². The molecule has 0 radical (unpaired) electrons. The Morgan fingerprint density at radius 3 is 2.70 bits per heavy atom. The molecule has 2 aromatic heterocycles. The minimum Gasteiger partial charge on any atom is -0.348 e. The average molecular weight is 522 g/mol. The van der Waals surface area contributed by atoms with Gasteiger partial charge in [0.15, 0.2) is 0 Å². The summed E-state index contributed by atoms with van der Waals surface area (Å²) < 4.78 is 2.94. The number of fused-ring (bicyclic) bond motifs is 2. The number of benzene rings is 2. The Bertz CT molecular complexity index is 1330. The fourth-order valence-electron chi connectivity index (χ4n) is 4.39. The Morgan fingerprint density at radius 1 is 1.03 bits per heavy atom. The zero-order valence-electron chi connectivity index (χ0n) is 18.1. The highest BCUT2D eigenvalue weighted by molar-refractivity contribution is 9.10. The summed E-state index contributed by atoms with van der Waals surface area (Å²) in [5, 5.41) is 7.83. The maximum Gasteiger partial charge on any atom is 0.254 e. The van der Waals surface area contributed by atoms with Gasteiger partial charge in [-0.3, -0.25) is 9.59 Å². The van der Waals surface area contributed by atoms with Crippen molar-refractivity contribution in [1.82, 2.24) is 9.88 Å². The van der Waals surface area contributed by atoms with Crippen molar-refractivity contribution in [2.75, 3.05) is 5.32 Å². The third-order valence-electron chi connectivity index (χ3n) is 5.99. The Kier molecular flexibility index (Phi) is 6.33. The SMILES string of the molecule is O=C(Cn1ccc2cc(Br)ccc21)Nc1sc2c(c1C(=O)NCc1ccccc1)CCCC2. The lowest BCUT2D eigenvalue weighted by Crippen LogP contribution is -2.26. The molecule has 0 bridgehead atoms. The molecule has 4 aromatic rings. The molecule has 0 aliphatic heterocycles. The number of nitrogens with zero attached hydrogens (tertiary/aromatic N) is 1. The van der Waals surface area contributed by atoms with Crippen molar-refractivity contribution in [3.63, 3.8) is 0 Å². The van der Waals surface area contributed by atoms with Crippen LogP contribution >= 0.6 is 27.3 Å². The van der Waals surface area contributed by atoms with Crippen LogP contribution in [0.4, 0.5) is 5.00 Å². The molecule has 7 heteroatoms. The van der Waals surface area contributed by atoms with E-state index in [0.29, 0.717) is 17.1 Å². The molecule has 0 unspecified atom stereocenters. The summed E-state index contributed by atoms with van der Waals surface area (Å²) in [6, 6.07) is 17.9. The van der Waals surface area contributed by atoms with Crippen molar-refractivity contribution in [2.24, 2.45) is 0 Å². The molecule has 0 fully saturated rings. The highest BCUT2D eigenvalue weighted by atomic mass is 79.9. The van der Waals surface area contributed by atoms with E-state index in [9.17, 15) is 9.59 Å². The molecule has 5 rings (SSSR count). The van der Waals surface area contributed by atoms with Crippen molar-refractivity contribution in [1.29, 1.82) is 0 Å². The molecule has 2 aromatic carbocycles. The lowest BCUT2D eigenvalue weighted by molar-refractivity contribution is -0.116. The lowest BCUT2D eigenvalue weighted by atomic mass is 9.95. The summed E-state index contributed by atoms with van der Waals surface area (Å²) in [5.41, 5.74) is 3.79. The van der Waals surface area contributed by atoms with Gasteiger partial charge in [-0.15, -0.1) is 11.3 Å². The number of hydrogen-bond donors (Lipinski definition) is 2. The maximum atomic E-state index is 13.2. The van der Waals surface area contributed by atoms with Gasteiger partial charge >= 0.3 is 0 Å². The molecule has 33 heavy (non-hydrogen) atoms. The van der Waals surface area contributed by atoms with Crippen molar-refractivity contribution < 1.29 is 9.59 Å². The van der Waals surface area contributed by atoms with Gasteiger partial charge in [-0.25, -0.2) is 0 Å². The van der Waals surface area contributed by atoms with Gasteiger partial charge in [0, 0.05) is 33.0 Å². The highest BCUT2D eigenvalue weighted by Crippen LogP contribution is 2.38. The van der Waals surface area contributed by atoms with Crippen LogP contribution in [0.3, 0.4) is 0 Å². The first-order chi connectivity index (χ1) is 16.1. The summed E-state index contributed by atoms with van der Waals surface area (Å²) in [7, 11) is 0. The van der Waals surface area contributed by atoms with Crippen LogP contribution in [-0.4, -0.2) is 16.4 Å². The lowest BCUT2D eigenvalue weighted by Gasteiger charge is -2.13. The first-order valence-electron chi connectivity index (χ1n) is 11.1. The van der Waals surface area contributed by atoms with E-state index in [1.165, 1.54) is 4.88 Å². The number of aromatic nitrogens is 1. The van der Waals surface area contributed by atoms with Gasteiger partial charge in [0.1, 0.15) is 11.5 Å². The van der Waals surface area contributed by atoms with Gasteiger partial charge in [-0.2, -0.15) is 0 Å². The van der Waals surface area contributed by atoms with E-state index in [1.54, 1.807) is 11.3 Å². The van der Waals surface area contributed by atoms with E-state index in [1.807, 2.05) is 65.4 Å². The first-order valence-corrected chi connectivity index (χ1v) is 12.7. The third kappa shape index (κ3) is 4.75. The van der Waals surface area contributed by atoms with Gasteiger partial charge in [-0.05, 0) is 61.1 Å². The quantitative estimate of drug-likeness (QED) is 0.331. The van der Waals surface area contributed by atoms with E-state index < -0.39 is 0 Å². The van der Waals surface area contributed by atoms with Gasteiger partial charge in [0.05, 0.1) is 5.56 Å². The molecule has 1 aliphatic rings. The van der Waals surface area contributed by atoms with E-state index in [0.717, 1.165) is 52.2 Å². The van der Waals surface area contributed by atoms with Gasteiger partial charge in [0.2, 0.25) is 5.91 Å². The fraction of sp³-hybridized carbons (Fsp3) is 0.231. The van der Waals surface area contributed by atoms with Crippen LogP contribution in [0.15, 0.2) is 65.3 Å². The van der Waals surface area contributed by atoms with Gasteiger partial charge in [0.25, 0.3) is 5.91 Å². The number of carbonyl (C=O) groups is 2. The molecule has 168 valence electrons. The molecule has 2 N–H and O–H groups in total. The topological polar surface area (TPSA) is 63.1 Å². The first kappa shape index (κ1) is 21.9. The van der Waals surface area contributed by atoms with Crippen LogP contribution in [0.25, 0.3) is 10.9 Å². The summed E-state index contributed by atoms with van der Waals surface area (Å²) in [6.45, 7) is 0.654. The summed E-state index contributed by atoms with van der Waals surface area (Å²) in [6.07, 6.45) is 5.96. The Hall–Kier alpha value is -2.90. The van der Waals surface area contributed by atoms with Crippen molar-refractivity contribution in [3.8, 4) is 0 Å². The summed E-state index contributed by atoms with van der Waals surface area (Å²) in [5.74, 6) is -0.254. The standard InChI is InChI=1S/C26H24BrN3O2S/c27-19-10-11-21-18(14-19)12-13-30(21)16-23(31)29-26-24(20-8-4-5-9-22(20)33-26)25(32)28-15-17-6-2-1-3-7-17/h1-3,6-7,10-14H,4-5,8-9,15-16H2,(H,28,32)(H,29,31). The Morgan fingerprint density at radius 2 is 1.85 bits per heavy atom. The van der Waals surface area contributed by atoms with Crippen molar-refractivity contribution in [2.45, 2.75) is 38.8 Å². The average Bonchev–Trinajstić information content (AvgIpc) is 3.38. The smallest absolute Gasteiger partial charge is 0.254 e. The van der Waals surface area contributed by atoms with Crippen molar-refractivity contribution in [3.05, 3.63) is 86.8 Å². The normalized spacial score (nSPS) is 13.0. The number of amides is 2. The van der Waals surface area contributed by atoms with Crippen LogP contribution in [0, 0.1) is 0 Å². The molecule has 0 spiro atoms. The molecule has 0 atom stereocenters. The molecular weight excluding hydrogens is 498 g/mol. The molecule has 2 heterocycles. The number of aryl methyl sites for hydroxylation is 1. The predicted molar refractivity (Wildman–Crippen MR) is 137 cm³/mol. The monoisotopic (exact) mass is 521 g/mol. The number of carbonyl (C=O) groups excluding carboxylic acids is 2. The predicted octanol–water partition coefficient (Wildman–Crippen LogP) is 5.91. The number of thiophene rings is 1. The molecular formula is C26H24BrN3O2S. The van der Waals surface area contributed by atoms with Crippen LogP contribution in [0.5, 0.6) is 0 Å². The zero-order valence-corrected chi connectivity index (χ0v) is 20.5. The minimum absolute atomic E-state index is 0.121. The summed E-state index contributed by atoms with van der Waals surface area (Å²) in [4.78, 5) is 27.4. The number of hydrogen-bond acceptors (Lipinski definition) is 3. The number of nitrogens with one attached hydrogen (secondary N) is 2. The molecule has 1 aliphatic carbocycles. The Labute approximate surface area is 204 Å². The number of rotatable bonds is 6. The molecule has 5 nitrogen and oxygen atoms in total. The highest BCUT2D eigenvalue weighted by Gasteiger charge is 2.26. The van der Waals surface area contributed by atoms with Gasteiger partial charge in [-0.1, -0.05) is 46.3 Å². The summed E-state index contributed by atoms with van der Waals surface area (Å²) >= 11 is 5.04. The second kappa shape index (κ2) is 9.53. The van der Waals surface area contributed by atoms with Crippen LogP contribution in [0.2, 0.25) is 0 Å². The second-order valence-electron chi connectivity index (χ2n) is 8.28. The number of anilines is 1. The van der Waals surface area contributed by atoms with Gasteiger partial charge < -0.3 is 15.2 Å². The fourth-order valence-corrected chi connectivity index (χ4v) is 6.07. The second-order valence-corrected chi connectivity index (χ2v) is 10.3. The third-order valence-corrected chi connectivity index (χ3v) is 7.69. The van der Waals surface area contributed by atoms with E-state index in [4.69, 9.17) is 0 Å². The van der Waals surface area contributed by atoms with E-state index in [-0.39, 0.29) is 18.4 Å². The maximum absolute atomic E-state index is 13.2. The van der Waals surface area contributed by atoms with E-state index in [2.05, 4.69) is 26.6 Å². The molecule has 2 amide bonds. The van der Waals surface area contributed by atoms with Crippen molar-refractivity contribution >= 4 is 55.0 Å². The number of halogens is 1. The molecule has 0 saturated heterocycles. The van der Waals surface area contributed by atoms with Crippen LogP contribution < -0.4 is 10.6 Å². The minimum atomic E-state index is -0.133. The van der Waals surface area contributed by atoms with Crippen LogP contribution in [0.1, 0.15) is 39.2 Å². The zero-order chi connectivity index (χ0) is 22.8. The Balaban J connectivity index is 1.36.